The summed E-state index contributed by atoms with van der Waals surface area (Å²) in [7, 11) is 0. The molecule has 21 heavy (non-hydrogen) atoms. The second-order valence-electron chi connectivity index (χ2n) is 4.26. The van der Waals surface area contributed by atoms with Gasteiger partial charge >= 0.3 is 0 Å². The maximum atomic E-state index is 11.8. The second kappa shape index (κ2) is 7.32. The summed E-state index contributed by atoms with van der Waals surface area (Å²) >= 11 is 5.86. The predicted octanol–water partition coefficient (Wildman–Crippen LogP) is 3.62. The number of nitriles is 1. The zero-order chi connectivity index (χ0) is 15.1. The fraction of sp³-hybridized carbons (Fsp3) is 0.125. The normalized spacial score (nSPS) is 9.71. The van der Waals surface area contributed by atoms with Crippen LogP contribution in [-0.2, 0) is 4.79 Å². The third-order valence-electron chi connectivity index (χ3n) is 2.72. The molecule has 0 radical (unpaired) electrons. The van der Waals surface area contributed by atoms with Crippen molar-refractivity contribution in [2.45, 2.75) is 6.42 Å². The van der Waals surface area contributed by atoms with E-state index in [1.807, 2.05) is 36.4 Å². The summed E-state index contributed by atoms with van der Waals surface area (Å²) in [5.41, 5.74) is 0.784. The van der Waals surface area contributed by atoms with Crippen LogP contribution in [0.1, 0.15) is 12.0 Å². The summed E-state index contributed by atoms with van der Waals surface area (Å²) in [6, 6.07) is 16.0. The van der Waals surface area contributed by atoms with E-state index in [-0.39, 0.29) is 18.9 Å². The summed E-state index contributed by atoms with van der Waals surface area (Å²) < 4.78 is 5.44. The van der Waals surface area contributed by atoms with Crippen molar-refractivity contribution >= 4 is 23.2 Å². The lowest BCUT2D eigenvalue weighted by Gasteiger charge is -2.08. The minimum Gasteiger partial charge on any atom is -0.493 e. The van der Waals surface area contributed by atoms with E-state index in [4.69, 9.17) is 21.6 Å². The number of nitrogens with one attached hydrogen (secondary N) is 1. The summed E-state index contributed by atoms with van der Waals surface area (Å²) in [6.07, 6.45) is 0.187. The molecule has 0 atom stereocenters. The van der Waals surface area contributed by atoms with E-state index in [1.165, 1.54) is 0 Å². The smallest absolute Gasteiger partial charge is 0.227 e. The van der Waals surface area contributed by atoms with Crippen molar-refractivity contribution in [3.8, 4) is 11.8 Å². The number of para-hydroxylation sites is 1. The summed E-state index contributed by atoms with van der Waals surface area (Å²) in [4.78, 5) is 11.8. The summed E-state index contributed by atoms with van der Waals surface area (Å²) in [5.74, 6) is 0.482. The standard InChI is InChI=1S/C16H13ClN2O2/c17-13-7-6-12(11-18)15(10-13)19-16(20)8-9-21-14-4-2-1-3-5-14/h1-7,10H,8-9H2,(H,19,20). The van der Waals surface area contributed by atoms with Crippen molar-refractivity contribution in [3.63, 3.8) is 0 Å². The topological polar surface area (TPSA) is 62.1 Å². The fourth-order valence-electron chi connectivity index (χ4n) is 1.71. The van der Waals surface area contributed by atoms with Crippen molar-refractivity contribution in [1.29, 1.82) is 5.26 Å². The summed E-state index contributed by atoms with van der Waals surface area (Å²) in [6.45, 7) is 0.262. The van der Waals surface area contributed by atoms with Gasteiger partial charge in [0.15, 0.2) is 0 Å². The Morgan fingerprint density at radius 1 is 1.24 bits per heavy atom. The quantitative estimate of drug-likeness (QED) is 0.917. The van der Waals surface area contributed by atoms with Crippen molar-refractivity contribution in [2.75, 3.05) is 11.9 Å². The minimum atomic E-state index is -0.232. The minimum absolute atomic E-state index is 0.187. The SMILES string of the molecule is N#Cc1ccc(Cl)cc1NC(=O)CCOc1ccccc1. The highest BCUT2D eigenvalue weighted by molar-refractivity contribution is 6.31. The largest absolute Gasteiger partial charge is 0.493 e. The van der Waals surface area contributed by atoms with Gasteiger partial charge in [-0.2, -0.15) is 5.26 Å². The van der Waals surface area contributed by atoms with E-state index in [0.29, 0.717) is 22.0 Å². The summed E-state index contributed by atoms with van der Waals surface area (Å²) in [5, 5.41) is 12.1. The molecular weight excluding hydrogens is 288 g/mol. The Hall–Kier alpha value is -2.51. The molecule has 0 aliphatic carbocycles. The lowest BCUT2D eigenvalue weighted by molar-refractivity contribution is -0.116. The Bertz CT molecular complexity index is 666. The maximum Gasteiger partial charge on any atom is 0.227 e. The zero-order valence-corrected chi connectivity index (χ0v) is 11.9. The predicted molar refractivity (Wildman–Crippen MR) is 81.4 cm³/mol. The number of halogens is 1. The highest BCUT2D eigenvalue weighted by Crippen LogP contribution is 2.20. The van der Waals surface area contributed by atoms with Gasteiger partial charge in [-0.15, -0.1) is 0 Å². The number of carbonyl (C=O) groups excluding carboxylic acids is 1. The molecule has 0 spiro atoms. The molecule has 0 saturated heterocycles. The fourth-order valence-corrected chi connectivity index (χ4v) is 1.88. The second-order valence-corrected chi connectivity index (χ2v) is 4.70. The van der Waals surface area contributed by atoms with Crippen molar-refractivity contribution in [2.24, 2.45) is 0 Å². The molecule has 1 amide bonds. The third-order valence-corrected chi connectivity index (χ3v) is 2.95. The number of anilines is 1. The lowest BCUT2D eigenvalue weighted by Crippen LogP contribution is -2.16. The Morgan fingerprint density at radius 3 is 2.71 bits per heavy atom. The molecule has 0 fully saturated rings. The molecule has 1 N–H and O–H groups in total. The highest BCUT2D eigenvalue weighted by Gasteiger charge is 2.08. The van der Waals surface area contributed by atoms with Gasteiger partial charge in [0.1, 0.15) is 11.8 Å². The number of benzene rings is 2. The molecule has 0 bridgehead atoms. The van der Waals surface area contributed by atoms with Crippen LogP contribution in [0.2, 0.25) is 5.02 Å². The number of carbonyl (C=O) groups is 1. The Balaban J connectivity index is 1.88. The molecule has 5 heteroatoms. The Labute approximate surface area is 127 Å². The molecule has 2 aromatic carbocycles. The van der Waals surface area contributed by atoms with Gasteiger partial charge in [-0.1, -0.05) is 29.8 Å². The first kappa shape index (κ1) is 14.9. The van der Waals surface area contributed by atoms with Gasteiger partial charge in [0.25, 0.3) is 0 Å². The maximum absolute atomic E-state index is 11.8. The number of nitrogens with zero attached hydrogens (tertiary/aromatic N) is 1. The average molecular weight is 301 g/mol. The Kier molecular flexibility index (Phi) is 5.19. The molecule has 0 saturated carbocycles. The van der Waals surface area contributed by atoms with Crippen molar-refractivity contribution in [3.05, 3.63) is 59.1 Å². The van der Waals surface area contributed by atoms with Crippen molar-refractivity contribution < 1.29 is 9.53 Å². The van der Waals surface area contributed by atoms with Gasteiger partial charge in [0.05, 0.1) is 24.3 Å². The number of amides is 1. The zero-order valence-electron chi connectivity index (χ0n) is 11.2. The van der Waals surface area contributed by atoms with Crippen LogP contribution in [0.5, 0.6) is 5.75 Å². The first-order valence-electron chi connectivity index (χ1n) is 6.36. The van der Waals surface area contributed by atoms with Crippen LogP contribution in [0, 0.1) is 11.3 Å². The lowest BCUT2D eigenvalue weighted by atomic mass is 10.2. The van der Waals surface area contributed by atoms with Crippen LogP contribution in [0.3, 0.4) is 0 Å². The monoisotopic (exact) mass is 300 g/mol. The van der Waals surface area contributed by atoms with Crippen LogP contribution < -0.4 is 10.1 Å². The Morgan fingerprint density at radius 2 is 2.00 bits per heavy atom. The van der Waals surface area contributed by atoms with Crippen LogP contribution in [-0.4, -0.2) is 12.5 Å². The highest BCUT2D eigenvalue weighted by atomic mass is 35.5. The third kappa shape index (κ3) is 4.51. The molecule has 2 rings (SSSR count). The van der Waals surface area contributed by atoms with Crippen molar-refractivity contribution in [1.82, 2.24) is 0 Å². The number of hydrogen-bond donors (Lipinski definition) is 1. The first-order valence-corrected chi connectivity index (χ1v) is 6.74. The molecule has 0 aliphatic rings. The number of rotatable bonds is 5. The van der Waals surface area contributed by atoms with Crippen LogP contribution in [0.25, 0.3) is 0 Å². The van der Waals surface area contributed by atoms with Crippen LogP contribution in [0.4, 0.5) is 5.69 Å². The average Bonchev–Trinajstić information content (AvgIpc) is 2.48. The first-order chi connectivity index (χ1) is 10.2. The van der Waals surface area contributed by atoms with Gasteiger partial charge in [-0.25, -0.2) is 0 Å². The molecular formula is C16H13ClN2O2. The van der Waals surface area contributed by atoms with Crippen LogP contribution >= 0.6 is 11.6 Å². The van der Waals surface area contributed by atoms with E-state index in [9.17, 15) is 4.79 Å². The van der Waals surface area contributed by atoms with Crippen LogP contribution in [0.15, 0.2) is 48.5 Å². The molecule has 0 unspecified atom stereocenters. The number of ether oxygens (including phenoxy) is 1. The number of hydrogen-bond acceptors (Lipinski definition) is 3. The van der Waals surface area contributed by atoms with Gasteiger partial charge in [0.2, 0.25) is 5.91 Å². The molecule has 2 aromatic rings. The molecule has 4 nitrogen and oxygen atoms in total. The van der Waals surface area contributed by atoms with Gasteiger partial charge in [-0.05, 0) is 30.3 Å². The molecule has 0 aromatic heterocycles. The van der Waals surface area contributed by atoms with Gasteiger partial charge in [0, 0.05) is 5.02 Å². The van der Waals surface area contributed by atoms with E-state index >= 15 is 0 Å². The van der Waals surface area contributed by atoms with E-state index in [0.717, 1.165) is 0 Å². The van der Waals surface area contributed by atoms with Gasteiger partial charge < -0.3 is 10.1 Å². The molecule has 0 aliphatic heterocycles. The van der Waals surface area contributed by atoms with E-state index in [1.54, 1.807) is 18.2 Å². The van der Waals surface area contributed by atoms with Gasteiger partial charge in [-0.3, -0.25) is 4.79 Å². The van der Waals surface area contributed by atoms with E-state index < -0.39 is 0 Å². The molecule has 0 heterocycles. The van der Waals surface area contributed by atoms with E-state index in [2.05, 4.69) is 5.32 Å². The molecule has 106 valence electrons.